The molecule has 8 heteroatoms. The summed E-state index contributed by atoms with van der Waals surface area (Å²) in [5, 5.41) is 0.245. The highest BCUT2D eigenvalue weighted by Crippen LogP contribution is 2.28. The molecule has 1 atom stereocenters. The highest BCUT2D eigenvalue weighted by molar-refractivity contribution is 7.89. The van der Waals surface area contributed by atoms with E-state index in [1.165, 1.54) is 12.1 Å². The van der Waals surface area contributed by atoms with Crippen molar-refractivity contribution in [3.63, 3.8) is 0 Å². The summed E-state index contributed by atoms with van der Waals surface area (Å²) >= 11 is 12.0. The molecular formula is C15H22Cl2N2O3S. The number of nitrogens with zero attached hydrogens (tertiary/aromatic N) is 1. The molecule has 1 heterocycles. The van der Waals surface area contributed by atoms with Crippen molar-refractivity contribution in [3.05, 3.63) is 28.2 Å². The first kappa shape index (κ1) is 19.0. The average molecular weight is 381 g/mol. The van der Waals surface area contributed by atoms with Gasteiger partial charge in [0, 0.05) is 25.7 Å². The van der Waals surface area contributed by atoms with Crippen LogP contribution in [0.25, 0.3) is 0 Å². The van der Waals surface area contributed by atoms with Crippen LogP contribution in [-0.2, 0) is 14.8 Å². The van der Waals surface area contributed by atoms with Gasteiger partial charge >= 0.3 is 0 Å². The summed E-state index contributed by atoms with van der Waals surface area (Å²) in [5.74, 6) is 0.303. The number of hydrogen-bond donors (Lipinski definition) is 1. The zero-order valence-corrected chi connectivity index (χ0v) is 15.6. The first-order valence-electron chi connectivity index (χ1n) is 7.58. The lowest BCUT2D eigenvalue weighted by Crippen LogP contribution is -2.51. The molecule has 0 radical (unpaired) electrons. The molecule has 2 rings (SSSR count). The molecule has 0 amide bonds. The second kappa shape index (κ2) is 8.14. The SMILES string of the molecule is CC(C)C(CNS(=O)(=O)c1c(Cl)cccc1Cl)N1CCOCC1. The Hall–Kier alpha value is -0.370. The Bertz CT molecular complexity index is 611. The molecule has 0 aliphatic carbocycles. The van der Waals surface area contributed by atoms with E-state index >= 15 is 0 Å². The maximum atomic E-state index is 12.6. The highest BCUT2D eigenvalue weighted by Gasteiger charge is 2.27. The summed E-state index contributed by atoms with van der Waals surface area (Å²) in [6.45, 7) is 7.42. The lowest BCUT2D eigenvalue weighted by Gasteiger charge is -2.36. The van der Waals surface area contributed by atoms with Crippen molar-refractivity contribution in [1.29, 1.82) is 0 Å². The summed E-state index contributed by atoms with van der Waals surface area (Å²) in [6, 6.07) is 4.75. The van der Waals surface area contributed by atoms with Gasteiger partial charge in [-0.3, -0.25) is 4.90 Å². The second-order valence-corrected chi connectivity index (χ2v) is 8.38. The van der Waals surface area contributed by atoms with Crippen LogP contribution >= 0.6 is 23.2 Å². The zero-order valence-electron chi connectivity index (χ0n) is 13.3. The third-order valence-electron chi connectivity index (χ3n) is 3.95. The summed E-state index contributed by atoms with van der Waals surface area (Å²) in [5.41, 5.74) is 0. The molecular weight excluding hydrogens is 359 g/mol. The largest absolute Gasteiger partial charge is 0.379 e. The summed E-state index contributed by atoms with van der Waals surface area (Å²) in [6.07, 6.45) is 0. The number of rotatable bonds is 6. The number of hydrogen-bond acceptors (Lipinski definition) is 4. The third-order valence-corrected chi connectivity index (χ3v) is 6.33. The van der Waals surface area contributed by atoms with Crippen molar-refractivity contribution in [2.45, 2.75) is 24.8 Å². The summed E-state index contributed by atoms with van der Waals surface area (Å²) in [7, 11) is -3.76. The van der Waals surface area contributed by atoms with Crippen LogP contribution < -0.4 is 4.72 Å². The smallest absolute Gasteiger partial charge is 0.243 e. The van der Waals surface area contributed by atoms with Gasteiger partial charge in [-0.15, -0.1) is 0 Å². The highest BCUT2D eigenvalue weighted by atomic mass is 35.5. The average Bonchev–Trinajstić information content (AvgIpc) is 2.47. The number of halogens is 2. The number of sulfonamides is 1. The minimum atomic E-state index is -3.76. The van der Waals surface area contributed by atoms with Gasteiger partial charge in [0.2, 0.25) is 10.0 Å². The maximum absolute atomic E-state index is 12.6. The molecule has 0 saturated carbocycles. The number of ether oxygens (including phenoxy) is 1. The molecule has 0 spiro atoms. The van der Waals surface area contributed by atoms with Gasteiger partial charge in [0.05, 0.1) is 23.3 Å². The van der Waals surface area contributed by atoms with Crippen molar-refractivity contribution in [2.24, 2.45) is 5.92 Å². The van der Waals surface area contributed by atoms with Gasteiger partial charge in [-0.1, -0.05) is 43.1 Å². The molecule has 1 N–H and O–H groups in total. The van der Waals surface area contributed by atoms with Crippen molar-refractivity contribution in [2.75, 3.05) is 32.8 Å². The lowest BCUT2D eigenvalue weighted by molar-refractivity contribution is 0.00776. The Morgan fingerprint density at radius 3 is 2.30 bits per heavy atom. The van der Waals surface area contributed by atoms with Crippen molar-refractivity contribution >= 4 is 33.2 Å². The Labute approximate surface area is 148 Å². The third kappa shape index (κ3) is 4.81. The minimum absolute atomic E-state index is 0.0622. The fourth-order valence-electron chi connectivity index (χ4n) is 2.70. The maximum Gasteiger partial charge on any atom is 0.243 e. The quantitative estimate of drug-likeness (QED) is 0.823. The van der Waals surface area contributed by atoms with Gasteiger partial charge in [-0.05, 0) is 18.1 Å². The number of morpholine rings is 1. The van der Waals surface area contributed by atoms with Crippen molar-refractivity contribution < 1.29 is 13.2 Å². The summed E-state index contributed by atoms with van der Waals surface area (Å²) in [4.78, 5) is 2.19. The minimum Gasteiger partial charge on any atom is -0.379 e. The van der Waals surface area contributed by atoms with Gasteiger partial charge in [-0.2, -0.15) is 0 Å². The van der Waals surface area contributed by atoms with Gasteiger partial charge in [0.1, 0.15) is 4.90 Å². The number of nitrogens with one attached hydrogen (secondary N) is 1. The Balaban J connectivity index is 2.13. The first-order valence-corrected chi connectivity index (χ1v) is 9.82. The Morgan fingerprint density at radius 1 is 1.22 bits per heavy atom. The van der Waals surface area contributed by atoms with Crippen LogP contribution in [-0.4, -0.2) is 52.2 Å². The molecule has 1 aromatic carbocycles. The van der Waals surface area contributed by atoms with E-state index in [1.807, 2.05) is 0 Å². The predicted octanol–water partition coefficient (Wildman–Crippen LogP) is 2.63. The molecule has 1 aromatic rings. The predicted molar refractivity (Wildman–Crippen MR) is 92.7 cm³/mol. The fourth-order valence-corrected chi connectivity index (χ4v) is 4.89. The second-order valence-electron chi connectivity index (χ2n) is 5.86. The van der Waals surface area contributed by atoms with Crippen molar-refractivity contribution in [1.82, 2.24) is 9.62 Å². The molecule has 130 valence electrons. The van der Waals surface area contributed by atoms with E-state index < -0.39 is 10.0 Å². The van der Waals surface area contributed by atoms with Crippen LogP contribution in [0.5, 0.6) is 0 Å². The van der Waals surface area contributed by atoms with Crippen LogP contribution in [0.1, 0.15) is 13.8 Å². The van der Waals surface area contributed by atoms with E-state index in [9.17, 15) is 8.42 Å². The molecule has 1 aliphatic heterocycles. The molecule has 0 bridgehead atoms. The van der Waals surface area contributed by atoms with Crippen LogP contribution in [0.4, 0.5) is 0 Å². The molecule has 0 aromatic heterocycles. The van der Waals surface area contributed by atoms with E-state index in [0.29, 0.717) is 25.7 Å². The monoisotopic (exact) mass is 380 g/mol. The molecule has 1 aliphatic rings. The normalized spacial score (nSPS) is 18.3. The van der Waals surface area contributed by atoms with E-state index in [2.05, 4.69) is 23.5 Å². The van der Waals surface area contributed by atoms with E-state index in [1.54, 1.807) is 6.07 Å². The molecule has 5 nitrogen and oxygen atoms in total. The van der Waals surface area contributed by atoms with Crippen LogP contribution in [0.15, 0.2) is 23.1 Å². The van der Waals surface area contributed by atoms with E-state index in [4.69, 9.17) is 27.9 Å². The van der Waals surface area contributed by atoms with E-state index in [0.717, 1.165) is 13.1 Å². The molecule has 23 heavy (non-hydrogen) atoms. The first-order chi connectivity index (χ1) is 10.8. The van der Waals surface area contributed by atoms with Gasteiger partial charge < -0.3 is 4.74 Å². The standard InChI is InChI=1S/C15H22Cl2N2O3S/c1-11(2)14(19-6-8-22-9-7-19)10-18-23(20,21)15-12(16)4-3-5-13(15)17/h3-5,11,14,18H,6-10H2,1-2H3. The van der Waals surface area contributed by atoms with Crippen LogP contribution in [0.3, 0.4) is 0 Å². The lowest BCUT2D eigenvalue weighted by atomic mass is 10.0. The molecule has 1 saturated heterocycles. The van der Waals surface area contributed by atoms with E-state index in [-0.39, 0.29) is 21.0 Å². The van der Waals surface area contributed by atoms with Gasteiger partial charge in [-0.25, -0.2) is 13.1 Å². The zero-order chi connectivity index (χ0) is 17.0. The van der Waals surface area contributed by atoms with Crippen LogP contribution in [0, 0.1) is 5.92 Å². The van der Waals surface area contributed by atoms with Crippen molar-refractivity contribution in [3.8, 4) is 0 Å². The number of benzene rings is 1. The Morgan fingerprint density at radius 2 is 1.78 bits per heavy atom. The molecule has 1 fully saturated rings. The van der Waals surface area contributed by atoms with Crippen LogP contribution in [0.2, 0.25) is 10.0 Å². The Kier molecular flexibility index (Phi) is 6.71. The van der Waals surface area contributed by atoms with Gasteiger partial charge in [0.25, 0.3) is 0 Å². The topological polar surface area (TPSA) is 58.6 Å². The fraction of sp³-hybridized carbons (Fsp3) is 0.600. The van der Waals surface area contributed by atoms with Gasteiger partial charge in [0.15, 0.2) is 0 Å². The summed E-state index contributed by atoms with van der Waals surface area (Å²) < 4.78 is 33.1. The molecule has 1 unspecified atom stereocenters.